The lowest BCUT2D eigenvalue weighted by atomic mass is 10.4. The van der Waals surface area contributed by atoms with Crippen molar-refractivity contribution in [3.05, 3.63) is 20.9 Å². The first-order valence-corrected chi connectivity index (χ1v) is 5.53. The highest BCUT2D eigenvalue weighted by molar-refractivity contribution is 14.2. The van der Waals surface area contributed by atoms with Gasteiger partial charge in [-0.15, -0.1) is 0 Å². The van der Waals surface area contributed by atoms with E-state index >= 15 is 0 Å². The first-order chi connectivity index (χ1) is 4.18. The van der Waals surface area contributed by atoms with Crippen molar-refractivity contribution in [1.29, 1.82) is 0 Å². The zero-order chi connectivity index (χ0) is 6.85. The molecule has 0 amide bonds. The molecule has 0 aliphatic carbocycles. The largest absolute Gasteiger partial charge is 0.399 e. The second-order valence-electron chi connectivity index (χ2n) is 1.46. The summed E-state index contributed by atoms with van der Waals surface area (Å²) in [7, 11) is 0. The zero-order valence-electron chi connectivity index (χ0n) is 4.37. The van der Waals surface area contributed by atoms with Crippen LogP contribution in [-0.4, -0.2) is 2.42 Å². The number of rotatable bonds is 0. The van der Waals surface area contributed by atoms with Crippen molar-refractivity contribution >= 4 is 50.7 Å². The molecule has 1 aliphatic rings. The Kier molecular flexibility index (Phi) is 2.73. The Hall–Kier alpha value is 0.650. The van der Waals surface area contributed by atoms with Gasteiger partial charge in [0.1, 0.15) is 0 Å². The van der Waals surface area contributed by atoms with Crippen LogP contribution in [0.4, 0.5) is 0 Å². The standard InChI is InChI=1S/C5H4BrClIN/c6-4-1-3(9)2-5(7)8-4/h1-2H,9H2. The molecule has 0 spiro atoms. The van der Waals surface area contributed by atoms with Gasteiger partial charge >= 0.3 is 0 Å². The molecule has 0 fully saturated rings. The topological polar surface area (TPSA) is 26.0 Å². The minimum atomic E-state index is -0.135. The van der Waals surface area contributed by atoms with Crippen molar-refractivity contribution in [3.63, 3.8) is 0 Å². The average Bonchev–Trinajstić information content (AvgIpc) is 1.59. The molecule has 0 saturated carbocycles. The Bertz CT molecular complexity index is 173. The van der Waals surface area contributed by atoms with Crippen LogP contribution in [0.25, 0.3) is 0 Å². The van der Waals surface area contributed by atoms with Gasteiger partial charge in [0, 0.05) is 5.70 Å². The predicted molar refractivity (Wildman–Crippen MR) is 54.2 cm³/mol. The molecule has 1 aliphatic heterocycles. The molecule has 9 heavy (non-hydrogen) atoms. The summed E-state index contributed by atoms with van der Waals surface area (Å²) in [6, 6.07) is 0. The Balaban J connectivity index is 2.98. The highest BCUT2D eigenvalue weighted by Crippen LogP contribution is 2.27. The van der Waals surface area contributed by atoms with Crippen molar-refractivity contribution < 1.29 is 0 Å². The van der Waals surface area contributed by atoms with Crippen molar-refractivity contribution in [3.8, 4) is 0 Å². The summed E-state index contributed by atoms with van der Waals surface area (Å²) >= 11 is 8.96. The second kappa shape index (κ2) is 3.16. The van der Waals surface area contributed by atoms with Crippen LogP contribution in [0.3, 0.4) is 0 Å². The molecule has 0 saturated heterocycles. The van der Waals surface area contributed by atoms with E-state index in [1.165, 1.54) is 0 Å². The Morgan fingerprint density at radius 1 is 1.56 bits per heavy atom. The molecule has 1 heterocycles. The summed E-state index contributed by atoms with van der Waals surface area (Å²) in [6.07, 6.45) is 3.71. The van der Waals surface area contributed by atoms with Crippen LogP contribution in [0.2, 0.25) is 0 Å². The number of nitrogens with two attached hydrogens (primary N) is 1. The van der Waals surface area contributed by atoms with Crippen LogP contribution in [0.5, 0.6) is 0 Å². The molecule has 0 aromatic rings. The van der Waals surface area contributed by atoms with E-state index in [1.54, 1.807) is 6.08 Å². The summed E-state index contributed by atoms with van der Waals surface area (Å²) in [5, 5.41) is 0. The Morgan fingerprint density at radius 2 is 2.22 bits per heavy atom. The Morgan fingerprint density at radius 3 is 2.67 bits per heavy atom. The number of allylic oxidation sites excluding steroid dienone is 2. The predicted octanol–water partition coefficient (Wildman–Crippen LogP) is 2.42. The third kappa shape index (κ3) is 2.39. The number of hydrogen-bond donors (Lipinski definition) is 1. The molecule has 0 aromatic heterocycles. The fourth-order valence-corrected chi connectivity index (χ4v) is 4.53. The third-order valence-corrected chi connectivity index (χ3v) is 4.21. The van der Waals surface area contributed by atoms with Crippen molar-refractivity contribution in [2.45, 2.75) is 0 Å². The Labute approximate surface area is 76.8 Å². The van der Waals surface area contributed by atoms with Crippen molar-refractivity contribution in [2.24, 2.45) is 5.73 Å². The van der Waals surface area contributed by atoms with Crippen molar-refractivity contribution in [2.75, 3.05) is 0 Å². The minimum Gasteiger partial charge on any atom is -0.399 e. The van der Waals surface area contributed by atoms with E-state index in [0.29, 0.717) is 0 Å². The lowest BCUT2D eigenvalue weighted by Gasteiger charge is -1.99. The monoisotopic (exact) mass is 319 g/mol. The van der Waals surface area contributed by atoms with Crippen LogP contribution in [0.15, 0.2) is 20.9 Å². The molecule has 4 heteroatoms. The third-order valence-electron chi connectivity index (χ3n) is 0.732. The fourth-order valence-electron chi connectivity index (χ4n) is 0.434. The first-order valence-electron chi connectivity index (χ1n) is 2.20. The molecule has 0 aromatic carbocycles. The molecular formula is C5H4BrClIN. The van der Waals surface area contributed by atoms with Crippen molar-refractivity contribution in [1.82, 2.24) is 0 Å². The maximum atomic E-state index is 5.74. The highest BCUT2D eigenvalue weighted by atomic mass is 127. The van der Waals surface area contributed by atoms with Crippen LogP contribution in [0.1, 0.15) is 0 Å². The number of hydrogen-bond acceptors (Lipinski definition) is 1. The van der Waals surface area contributed by atoms with Gasteiger partial charge in [-0.2, -0.15) is 0 Å². The number of halogens is 3. The SMILES string of the molecule is NC1=CC(Br)=IC(Cl)=C1. The van der Waals surface area contributed by atoms with E-state index in [4.69, 9.17) is 17.3 Å². The highest BCUT2D eigenvalue weighted by Gasteiger charge is 1.98. The summed E-state index contributed by atoms with van der Waals surface area (Å²) in [6.45, 7) is 0. The summed E-state index contributed by atoms with van der Waals surface area (Å²) < 4.78 is 2.03. The maximum absolute atomic E-state index is 5.74. The van der Waals surface area contributed by atoms with E-state index in [1.807, 2.05) is 6.08 Å². The minimum absolute atomic E-state index is 0.135. The van der Waals surface area contributed by atoms with Gasteiger partial charge in [0.25, 0.3) is 0 Å². The fraction of sp³-hybridized carbons (Fsp3) is 0. The van der Waals surface area contributed by atoms with E-state index in [0.717, 1.165) is 11.2 Å². The quantitative estimate of drug-likeness (QED) is 0.682. The molecule has 50 valence electrons. The molecule has 0 atom stereocenters. The summed E-state index contributed by atoms with van der Waals surface area (Å²) in [4.78, 5) is 0. The molecule has 2 N–H and O–H groups in total. The van der Waals surface area contributed by atoms with Gasteiger partial charge in [0.15, 0.2) is 0 Å². The smallest absolute Gasteiger partial charge is 0.0765 e. The van der Waals surface area contributed by atoms with Gasteiger partial charge in [-0.3, -0.25) is 0 Å². The van der Waals surface area contributed by atoms with Gasteiger partial charge in [0.05, 0.1) is 5.46 Å². The van der Waals surface area contributed by atoms with Gasteiger partial charge in [-0.25, -0.2) is 0 Å². The summed E-state index contributed by atoms with van der Waals surface area (Å²) in [5.41, 5.74) is 6.22. The van der Waals surface area contributed by atoms with Gasteiger partial charge < -0.3 is 5.73 Å². The molecule has 0 bridgehead atoms. The van der Waals surface area contributed by atoms with Crippen LogP contribution < -0.4 is 5.73 Å². The second-order valence-corrected chi connectivity index (χ2v) is 7.71. The summed E-state index contributed by atoms with van der Waals surface area (Å²) in [5.74, 6) is 0. The van der Waals surface area contributed by atoms with E-state index in [-0.39, 0.29) is 20.7 Å². The lowest BCUT2D eigenvalue weighted by Crippen LogP contribution is -1.96. The molecule has 0 unspecified atom stereocenters. The molecule has 0 radical (unpaired) electrons. The average molecular weight is 320 g/mol. The lowest BCUT2D eigenvalue weighted by molar-refractivity contribution is 1.45. The maximum Gasteiger partial charge on any atom is 0.0765 e. The van der Waals surface area contributed by atoms with Crippen LogP contribution in [-0.2, 0) is 0 Å². The molecular weight excluding hydrogens is 316 g/mol. The van der Waals surface area contributed by atoms with Crippen LogP contribution in [0, 0.1) is 0 Å². The zero-order valence-corrected chi connectivity index (χ0v) is 8.87. The molecule has 1 nitrogen and oxygen atoms in total. The van der Waals surface area contributed by atoms with E-state index in [9.17, 15) is 0 Å². The van der Waals surface area contributed by atoms with E-state index in [2.05, 4.69) is 15.9 Å². The van der Waals surface area contributed by atoms with Gasteiger partial charge in [0.2, 0.25) is 0 Å². The van der Waals surface area contributed by atoms with Crippen LogP contribution >= 0.6 is 48.3 Å². The first kappa shape index (κ1) is 7.75. The normalized spacial score (nSPS) is 19.1. The molecule has 1 rings (SSSR count). The van der Waals surface area contributed by atoms with Gasteiger partial charge in [-0.05, 0) is 28.1 Å². The van der Waals surface area contributed by atoms with Gasteiger partial charge in [-0.1, -0.05) is 32.3 Å². The van der Waals surface area contributed by atoms with E-state index < -0.39 is 0 Å².